The number of carbonyl (C=O) groups excluding carboxylic acids is 3. The third-order valence-electron chi connectivity index (χ3n) is 14.2. The molecule has 0 aliphatic carbocycles. The molecule has 0 heterocycles. The van der Waals surface area contributed by atoms with Crippen molar-refractivity contribution in [3.8, 4) is 0 Å². The van der Waals surface area contributed by atoms with Crippen molar-refractivity contribution in [3.63, 3.8) is 0 Å². The maximum atomic E-state index is 12.9. The smallest absolute Gasteiger partial charge is 0.463 e. The zero-order valence-electron chi connectivity index (χ0n) is 58.5. The van der Waals surface area contributed by atoms with Gasteiger partial charge in [0.1, 0.15) is 25.4 Å². The van der Waals surface area contributed by atoms with E-state index in [-0.39, 0.29) is 19.3 Å². The van der Waals surface area contributed by atoms with Crippen molar-refractivity contribution in [2.45, 2.75) is 270 Å². The second kappa shape index (κ2) is 69.1. The summed E-state index contributed by atoms with van der Waals surface area (Å²) in [6, 6.07) is 0. The third kappa shape index (κ3) is 70.3. The van der Waals surface area contributed by atoms with Gasteiger partial charge in [0, 0.05) is 19.3 Å². The normalized spacial score (nSPS) is 15.1. The van der Waals surface area contributed by atoms with Gasteiger partial charge in [-0.05, 0) is 148 Å². The molecule has 540 valence electrons. The first kappa shape index (κ1) is 90.2. The maximum Gasteiger partial charge on any atom is 0.472 e. The molecule has 16 nitrogen and oxygen atoms in total. The van der Waals surface area contributed by atoms with E-state index in [9.17, 15) is 43.5 Å². The molecule has 4 N–H and O–H groups in total. The predicted octanol–water partition coefficient (Wildman–Crippen LogP) is 20.3. The number of unbranched alkanes of at least 4 members (excludes halogenated alkanes) is 17. The van der Waals surface area contributed by atoms with E-state index in [2.05, 4.69) is 179 Å². The standard InChI is InChI=1S/C77H126O16P2/c1-4-7-10-13-16-19-22-25-28-31-33-34-35-36-38-41-42-45-48-51-54-57-60-63-75(80)87-66-72(78)67-89-94(83,84)90-68-73(79)69-91-95(85,86)92-71-74(93-77(82)65-62-59-56-53-50-47-44-39-30-27-24-21-18-15-12-9-6-3)70-88-76(81)64-61-58-55-52-49-46-43-40-37-32-29-26-23-20-17-14-11-8-5-2/h7,9-10,12,16-21,25-30,33-34,36-38,40,42,44-45,47,72-74,78-79H,4-6,8,11,13-15,22-24,31-32,35,39,41,43,46,48-71H2,1-3H3,(H,83,84)(H,85,86)/b10-7-,12-9-,19-16-,20-17-,21-18-,28-25-,29-26-,30-27-,34-33-,38-36-,40-37-,45-42-,47-44-. The summed E-state index contributed by atoms with van der Waals surface area (Å²) in [6.07, 6.45) is 84.2. The first-order valence-electron chi connectivity index (χ1n) is 35.8. The largest absolute Gasteiger partial charge is 0.472 e. The first-order valence-corrected chi connectivity index (χ1v) is 38.8. The molecule has 5 atom stereocenters. The zero-order chi connectivity index (χ0) is 69.5. The number of rotatable bonds is 66. The molecule has 0 fully saturated rings. The summed E-state index contributed by atoms with van der Waals surface area (Å²) in [5, 5.41) is 20.6. The van der Waals surface area contributed by atoms with Crippen molar-refractivity contribution in [2.24, 2.45) is 0 Å². The number of hydrogen-bond acceptors (Lipinski definition) is 14. The van der Waals surface area contributed by atoms with Gasteiger partial charge in [-0.25, -0.2) is 9.13 Å². The molecule has 0 saturated heterocycles. The highest BCUT2D eigenvalue weighted by Gasteiger charge is 2.29. The second-order valence-corrected chi connectivity index (χ2v) is 26.2. The Morgan fingerprint density at radius 1 is 0.305 bits per heavy atom. The van der Waals surface area contributed by atoms with E-state index in [0.717, 1.165) is 173 Å². The van der Waals surface area contributed by atoms with Gasteiger partial charge in [-0.1, -0.05) is 243 Å². The number of aliphatic hydroxyl groups excluding tert-OH is 2. The van der Waals surface area contributed by atoms with Crippen molar-refractivity contribution in [1.82, 2.24) is 0 Å². The van der Waals surface area contributed by atoms with Gasteiger partial charge in [-0.3, -0.25) is 32.5 Å². The van der Waals surface area contributed by atoms with Crippen LogP contribution in [0.1, 0.15) is 252 Å². The number of aliphatic hydroxyl groups is 2. The minimum absolute atomic E-state index is 0.0673. The fraction of sp³-hybridized carbons (Fsp3) is 0.623. The van der Waals surface area contributed by atoms with Crippen LogP contribution in [0.25, 0.3) is 0 Å². The third-order valence-corrected chi connectivity index (χ3v) is 16.1. The Bertz CT molecular complexity index is 2360. The highest BCUT2D eigenvalue weighted by atomic mass is 31.2. The van der Waals surface area contributed by atoms with Crippen LogP contribution < -0.4 is 0 Å². The van der Waals surface area contributed by atoms with E-state index in [4.69, 9.17) is 32.3 Å². The molecule has 5 unspecified atom stereocenters. The molecule has 0 radical (unpaired) electrons. The highest BCUT2D eigenvalue weighted by molar-refractivity contribution is 7.47. The molecule has 18 heteroatoms. The summed E-state index contributed by atoms with van der Waals surface area (Å²) in [7, 11) is -9.81. The fourth-order valence-electron chi connectivity index (χ4n) is 8.81. The van der Waals surface area contributed by atoms with Crippen LogP contribution >= 0.6 is 15.6 Å². The Morgan fingerprint density at radius 3 is 0.884 bits per heavy atom. The van der Waals surface area contributed by atoms with E-state index >= 15 is 0 Å². The number of esters is 3. The zero-order valence-corrected chi connectivity index (χ0v) is 60.3. The highest BCUT2D eigenvalue weighted by Crippen LogP contribution is 2.45. The van der Waals surface area contributed by atoms with Crippen LogP contribution in [0.5, 0.6) is 0 Å². The molecular formula is C77H126O16P2. The van der Waals surface area contributed by atoms with E-state index < -0.39 is 91.5 Å². The molecular weight excluding hydrogens is 1240 g/mol. The average Bonchev–Trinajstić information content (AvgIpc) is 2.05. The minimum atomic E-state index is -4.95. The molecule has 0 amide bonds. The number of ether oxygens (including phenoxy) is 3. The number of hydrogen-bond donors (Lipinski definition) is 4. The van der Waals surface area contributed by atoms with Crippen molar-refractivity contribution < 1.29 is 75.8 Å². The molecule has 0 saturated carbocycles. The number of phosphoric acid groups is 2. The minimum Gasteiger partial charge on any atom is -0.463 e. The first-order chi connectivity index (χ1) is 46.2. The lowest BCUT2D eigenvalue weighted by Crippen LogP contribution is -2.30. The molecule has 95 heavy (non-hydrogen) atoms. The van der Waals surface area contributed by atoms with E-state index in [1.54, 1.807) is 0 Å². The Labute approximate surface area is 574 Å². The predicted molar refractivity (Wildman–Crippen MR) is 389 cm³/mol. The molecule has 0 bridgehead atoms. The molecule has 0 aliphatic heterocycles. The summed E-state index contributed by atoms with van der Waals surface area (Å²) in [5.41, 5.74) is 0. The van der Waals surface area contributed by atoms with Crippen LogP contribution in [0.3, 0.4) is 0 Å². The molecule has 0 rings (SSSR count). The summed E-state index contributed by atoms with van der Waals surface area (Å²) in [6.45, 7) is 2.32. The van der Waals surface area contributed by atoms with Gasteiger partial charge < -0.3 is 34.2 Å². The Hall–Kier alpha value is -4.83. The molecule has 0 aromatic heterocycles. The van der Waals surface area contributed by atoms with Crippen LogP contribution in [-0.4, -0.2) is 95.9 Å². The van der Waals surface area contributed by atoms with Crippen LogP contribution in [0.4, 0.5) is 0 Å². The van der Waals surface area contributed by atoms with Gasteiger partial charge in [0.2, 0.25) is 0 Å². The Morgan fingerprint density at radius 2 is 0.558 bits per heavy atom. The van der Waals surface area contributed by atoms with Gasteiger partial charge in [0.25, 0.3) is 0 Å². The Kier molecular flexibility index (Phi) is 65.6. The quantitative estimate of drug-likeness (QED) is 0.0146. The lowest BCUT2D eigenvalue weighted by Gasteiger charge is -2.21. The summed E-state index contributed by atoms with van der Waals surface area (Å²) in [5.74, 6) is -1.65. The number of phosphoric ester groups is 2. The van der Waals surface area contributed by atoms with Crippen molar-refractivity contribution in [1.29, 1.82) is 0 Å². The van der Waals surface area contributed by atoms with Crippen LogP contribution in [-0.2, 0) is 55.8 Å². The van der Waals surface area contributed by atoms with Gasteiger partial charge in [0.05, 0.1) is 26.4 Å². The number of allylic oxidation sites excluding steroid dienone is 26. The van der Waals surface area contributed by atoms with Gasteiger partial charge in [0.15, 0.2) is 6.10 Å². The molecule has 0 aromatic carbocycles. The summed E-state index contributed by atoms with van der Waals surface area (Å²) in [4.78, 5) is 58.5. The lowest BCUT2D eigenvalue weighted by molar-refractivity contribution is -0.161. The number of carbonyl (C=O) groups is 3. The molecule has 0 aromatic rings. The van der Waals surface area contributed by atoms with E-state index in [1.807, 2.05) is 0 Å². The van der Waals surface area contributed by atoms with Crippen molar-refractivity contribution in [3.05, 3.63) is 158 Å². The maximum absolute atomic E-state index is 12.9. The summed E-state index contributed by atoms with van der Waals surface area (Å²) >= 11 is 0. The Balaban J connectivity index is 4.74. The van der Waals surface area contributed by atoms with Crippen molar-refractivity contribution in [2.75, 3.05) is 39.6 Å². The monoisotopic (exact) mass is 1370 g/mol. The SMILES string of the molecule is CC/C=C\C/C=C\C/C=C\C/C=C\C/C=C\C/C=C\CCCCCCC(=O)OCC(O)COP(=O)(O)OCC(O)COP(=O)(O)OCC(COC(=O)CCCCCCCC/C=C\C/C=C\C/C=C\CCCCC)OC(=O)CCCCCC/C=C\C/C=C\C/C=C\C/C=C\CC. The second-order valence-electron chi connectivity index (χ2n) is 23.3. The van der Waals surface area contributed by atoms with Crippen molar-refractivity contribution >= 4 is 33.6 Å². The van der Waals surface area contributed by atoms with Gasteiger partial charge >= 0.3 is 33.6 Å². The fourth-order valence-corrected chi connectivity index (χ4v) is 10.4. The topological polar surface area (TPSA) is 231 Å². The van der Waals surface area contributed by atoms with Gasteiger partial charge in [-0.2, -0.15) is 0 Å². The lowest BCUT2D eigenvalue weighted by atomic mass is 10.1. The van der Waals surface area contributed by atoms with E-state index in [0.29, 0.717) is 19.3 Å². The van der Waals surface area contributed by atoms with E-state index in [1.165, 1.54) is 19.3 Å². The average molecular weight is 1370 g/mol. The molecule has 0 spiro atoms. The summed E-state index contributed by atoms with van der Waals surface area (Å²) < 4.78 is 60.9. The molecule has 0 aliphatic rings. The van der Waals surface area contributed by atoms with Gasteiger partial charge in [-0.15, -0.1) is 0 Å². The van der Waals surface area contributed by atoms with Crippen LogP contribution in [0, 0.1) is 0 Å². The van der Waals surface area contributed by atoms with Crippen LogP contribution in [0.15, 0.2) is 158 Å². The van der Waals surface area contributed by atoms with Crippen LogP contribution in [0.2, 0.25) is 0 Å².